The molecule has 0 spiro atoms. The lowest BCUT2D eigenvalue weighted by Gasteiger charge is -2.11. The summed E-state index contributed by atoms with van der Waals surface area (Å²) in [5, 5.41) is 8.57. The van der Waals surface area contributed by atoms with E-state index in [1.54, 1.807) is 12.1 Å². The molecular formula is C15H17FO2. The van der Waals surface area contributed by atoms with E-state index in [0.717, 1.165) is 12.8 Å². The summed E-state index contributed by atoms with van der Waals surface area (Å²) in [4.78, 5) is 0. The highest BCUT2D eigenvalue weighted by atomic mass is 19.1. The number of ether oxygens (including phenoxy) is 1. The molecule has 1 aliphatic rings. The van der Waals surface area contributed by atoms with E-state index in [-0.39, 0.29) is 12.4 Å². The molecule has 2 nitrogen and oxygen atoms in total. The third-order valence-electron chi connectivity index (χ3n) is 3.14. The molecule has 1 N–H and O–H groups in total. The van der Waals surface area contributed by atoms with Gasteiger partial charge in [-0.2, -0.15) is 0 Å². The molecule has 1 aromatic rings. The Morgan fingerprint density at radius 2 is 2.11 bits per heavy atom. The summed E-state index contributed by atoms with van der Waals surface area (Å²) >= 11 is 0. The molecule has 1 aliphatic carbocycles. The van der Waals surface area contributed by atoms with Crippen molar-refractivity contribution >= 4 is 0 Å². The molecular weight excluding hydrogens is 231 g/mol. The van der Waals surface area contributed by atoms with Crippen molar-refractivity contribution in [2.24, 2.45) is 0 Å². The smallest absolute Gasteiger partial charge is 0.129 e. The van der Waals surface area contributed by atoms with Crippen molar-refractivity contribution in [2.45, 2.75) is 38.4 Å². The Morgan fingerprint density at radius 1 is 1.33 bits per heavy atom. The van der Waals surface area contributed by atoms with Gasteiger partial charge in [0.05, 0.1) is 12.7 Å². The van der Waals surface area contributed by atoms with Crippen LogP contribution in [0.2, 0.25) is 0 Å². The Kier molecular flexibility index (Phi) is 4.74. The average Bonchev–Trinajstić information content (AvgIpc) is 2.88. The first-order chi connectivity index (χ1) is 8.79. The Bertz CT molecular complexity index is 453. The van der Waals surface area contributed by atoms with Crippen LogP contribution in [0.5, 0.6) is 0 Å². The second-order valence-corrected chi connectivity index (χ2v) is 4.48. The first-order valence-electron chi connectivity index (χ1n) is 6.29. The quantitative estimate of drug-likeness (QED) is 0.833. The van der Waals surface area contributed by atoms with Gasteiger partial charge >= 0.3 is 0 Å². The van der Waals surface area contributed by atoms with Crippen LogP contribution in [-0.2, 0) is 11.3 Å². The van der Waals surface area contributed by atoms with Crippen molar-refractivity contribution in [3.8, 4) is 11.8 Å². The van der Waals surface area contributed by atoms with E-state index in [9.17, 15) is 4.39 Å². The van der Waals surface area contributed by atoms with E-state index in [0.29, 0.717) is 23.8 Å². The fourth-order valence-electron chi connectivity index (χ4n) is 2.15. The Morgan fingerprint density at radius 3 is 2.78 bits per heavy atom. The first-order valence-corrected chi connectivity index (χ1v) is 6.29. The molecule has 0 saturated heterocycles. The molecule has 0 unspecified atom stereocenters. The second-order valence-electron chi connectivity index (χ2n) is 4.48. The van der Waals surface area contributed by atoms with E-state index in [1.807, 2.05) is 0 Å². The number of aliphatic hydroxyl groups excluding tert-OH is 1. The molecule has 2 rings (SSSR count). The predicted octanol–water partition coefficient (Wildman–Crippen LogP) is 2.63. The lowest BCUT2D eigenvalue weighted by molar-refractivity contribution is 0.0441. The van der Waals surface area contributed by atoms with Gasteiger partial charge in [0.15, 0.2) is 0 Å². The summed E-state index contributed by atoms with van der Waals surface area (Å²) < 4.78 is 19.4. The highest BCUT2D eigenvalue weighted by Gasteiger charge is 2.15. The number of hydrogen-bond donors (Lipinski definition) is 1. The SMILES string of the molecule is OCC#Cc1ccc(COC2CCCC2)c(F)c1. The highest BCUT2D eigenvalue weighted by molar-refractivity contribution is 5.36. The summed E-state index contributed by atoms with van der Waals surface area (Å²) in [6.45, 7) is 0.109. The standard InChI is InChI=1S/C15H17FO2/c16-15-10-12(4-3-9-17)7-8-13(15)11-18-14-5-1-2-6-14/h7-8,10,14,17H,1-2,5-6,9,11H2. The summed E-state index contributed by atoms with van der Waals surface area (Å²) in [6, 6.07) is 4.83. The zero-order chi connectivity index (χ0) is 12.8. The molecule has 0 atom stereocenters. The minimum absolute atomic E-state index is 0.214. The van der Waals surface area contributed by atoms with Crippen molar-refractivity contribution in [3.05, 3.63) is 35.1 Å². The van der Waals surface area contributed by atoms with E-state index < -0.39 is 0 Å². The van der Waals surface area contributed by atoms with Crippen LogP contribution in [0.15, 0.2) is 18.2 Å². The van der Waals surface area contributed by atoms with E-state index >= 15 is 0 Å². The van der Waals surface area contributed by atoms with Gasteiger partial charge in [-0.05, 0) is 25.0 Å². The molecule has 0 amide bonds. The number of halogens is 1. The molecule has 3 heteroatoms. The van der Waals surface area contributed by atoms with Gasteiger partial charge in [0, 0.05) is 11.1 Å². The molecule has 0 aliphatic heterocycles. The van der Waals surface area contributed by atoms with Crippen LogP contribution in [0, 0.1) is 17.7 Å². The van der Waals surface area contributed by atoms with Crippen molar-refractivity contribution in [3.63, 3.8) is 0 Å². The van der Waals surface area contributed by atoms with E-state index in [2.05, 4.69) is 11.8 Å². The maximum absolute atomic E-state index is 13.7. The minimum atomic E-state index is -0.294. The van der Waals surface area contributed by atoms with Crippen LogP contribution in [0.25, 0.3) is 0 Å². The van der Waals surface area contributed by atoms with Crippen LogP contribution in [0.4, 0.5) is 4.39 Å². The normalized spacial score (nSPS) is 15.4. The average molecular weight is 248 g/mol. The van der Waals surface area contributed by atoms with Gasteiger partial charge in [-0.15, -0.1) is 0 Å². The summed E-state index contributed by atoms with van der Waals surface area (Å²) in [7, 11) is 0. The van der Waals surface area contributed by atoms with Gasteiger partial charge in [-0.1, -0.05) is 30.7 Å². The monoisotopic (exact) mass is 248 g/mol. The van der Waals surface area contributed by atoms with Gasteiger partial charge in [-0.25, -0.2) is 4.39 Å². The van der Waals surface area contributed by atoms with Gasteiger partial charge in [0.1, 0.15) is 12.4 Å². The largest absolute Gasteiger partial charge is 0.384 e. The molecule has 0 heterocycles. The summed E-state index contributed by atoms with van der Waals surface area (Å²) in [5.74, 6) is 4.88. The Hall–Kier alpha value is -1.37. The Balaban J connectivity index is 1.96. The van der Waals surface area contributed by atoms with E-state index in [1.165, 1.54) is 18.9 Å². The molecule has 1 saturated carbocycles. The van der Waals surface area contributed by atoms with Crippen LogP contribution in [0.1, 0.15) is 36.8 Å². The maximum atomic E-state index is 13.7. The summed E-state index contributed by atoms with van der Waals surface area (Å²) in [6.07, 6.45) is 4.88. The van der Waals surface area contributed by atoms with Gasteiger partial charge in [0.25, 0.3) is 0 Å². The predicted molar refractivity (Wildman–Crippen MR) is 67.4 cm³/mol. The number of hydrogen-bond acceptors (Lipinski definition) is 2. The maximum Gasteiger partial charge on any atom is 0.129 e. The van der Waals surface area contributed by atoms with Crippen LogP contribution >= 0.6 is 0 Å². The van der Waals surface area contributed by atoms with E-state index in [4.69, 9.17) is 9.84 Å². The first kappa shape index (κ1) is 13.1. The fourth-order valence-corrected chi connectivity index (χ4v) is 2.15. The number of benzene rings is 1. The van der Waals surface area contributed by atoms with Crippen molar-refractivity contribution in [1.82, 2.24) is 0 Å². The van der Waals surface area contributed by atoms with Crippen LogP contribution in [-0.4, -0.2) is 17.8 Å². The molecule has 0 bridgehead atoms. The lowest BCUT2D eigenvalue weighted by Crippen LogP contribution is -2.08. The zero-order valence-corrected chi connectivity index (χ0v) is 10.3. The van der Waals surface area contributed by atoms with Crippen molar-refractivity contribution < 1.29 is 14.2 Å². The minimum Gasteiger partial charge on any atom is -0.384 e. The van der Waals surface area contributed by atoms with Crippen molar-refractivity contribution in [2.75, 3.05) is 6.61 Å². The molecule has 96 valence electrons. The molecule has 0 radical (unpaired) electrons. The summed E-state index contributed by atoms with van der Waals surface area (Å²) in [5.41, 5.74) is 1.14. The number of rotatable bonds is 3. The topological polar surface area (TPSA) is 29.5 Å². The third-order valence-corrected chi connectivity index (χ3v) is 3.14. The second kappa shape index (κ2) is 6.53. The fraction of sp³-hybridized carbons (Fsp3) is 0.467. The zero-order valence-electron chi connectivity index (χ0n) is 10.3. The van der Waals surface area contributed by atoms with Crippen LogP contribution in [0.3, 0.4) is 0 Å². The molecule has 0 aromatic heterocycles. The molecule has 18 heavy (non-hydrogen) atoms. The van der Waals surface area contributed by atoms with Gasteiger partial charge in [-0.3, -0.25) is 0 Å². The molecule has 1 fully saturated rings. The lowest BCUT2D eigenvalue weighted by atomic mass is 10.1. The Labute approximate surface area is 107 Å². The molecule has 1 aromatic carbocycles. The third kappa shape index (κ3) is 3.56. The number of aliphatic hydroxyl groups is 1. The highest BCUT2D eigenvalue weighted by Crippen LogP contribution is 2.22. The van der Waals surface area contributed by atoms with Crippen LogP contribution < -0.4 is 0 Å². The van der Waals surface area contributed by atoms with Gasteiger partial charge < -0.3 is 9.84 Å². The van der Waals surface area contributed by atoms with Crippen molar-refractivity contribution in [1.29, 1.82) is 0 Å². The van der Waals surface area contributed by atoms with Gasteiger partial charge in [0.2, 0.25) is 0 Å².